The van der Waals surface area contributed by atoms with E-state index in [1.54, 1.807) is 0 Å². The fourth-order valence-corrected chi connectivity index (χ4v) is 2.96. The van der Waals surface area contributed by atoms with Crippen molar-refractivity contribution >= 4 is 0 Å². The van der Waals surface area contributed by atoms with E-state index in [4.69, 9.17) is 0 Å². The molecule has 1 aromatic carbocycles. The van der Waals surface area contributed by atoms with Crippen molar-refractivity contribution in [3.63, 3.8) is 0 Å². The molecule has 1 aliphatic rings. The maximum atomic E-state index is 10.3. The van der Waals surface area contributed by atoms with Gasteiger partial charge in [0, 0.05) is 0 Å². The summed E-state index contributed by atoms with van der Waals surface area (Å²) in [6, 6.07) is 4.23. The number of phenols is 1. The van der Waals surface area contributed by atoms with Crippen LogP contribution in [-0.4, -0.2) is 5.11 Å². The fraction of sp³-hybridized carbons (Fsp3) is 0.625. The normalized spacial score (nSPS) is 17.6. The highest BCUT2D eigenvalue weighted by molar-refractivity contribution is 5.46. The van der Waals surface area contributed by atoms with Crippen LogP contribution in [0.4, 0.5) is 0 Å². The topological polar surface area (TPSA) is 20.2 Å². The monoisotopic (exact) mass is 232 g/mol. The Balaban J connectivity index is 2.42. The van der Waals surface area contributed by atoms with Gasteiger partial charge < -0.3 is 5.11 Å². The van der Waals surface area contributed by atoms with Gasteiger partial charge in [0.1, 0.15) is 5.75 Å². The molecule has 2 rings (SSSR count). The summed E-state index contributed by atoms with van der Waals surface area (Å²) in [6.07, 6.45) is 5.10. The van der Waals surface area contributed by atoms with Gasteiger partial charge in [-0.25, -0.2) is 0 Å². The van der Waals surface area contributed by atoms with E-state index in [1.807, 2.05) is 6.07 Å². The highest BCUT2D eigenvalue weighted by atomic mass is 16.3. The summed E-state index contributed by atoms with van der Waals surface area (Å²) >= 11 is 0. The fourth-order valence-electron chi connectivity index (χ4n) is 2.96. The van der Waals surface area contributed by atoms with Crippen LogP contribution in [0.15, 0.2) is 12.1 Å². The summed E-state index contributed by atoms with van der Waals surface area (Å²) < 4.78 is 0. The first-order valence-corrected chi connectivity index (χ1v) is 6.73. The molecule has 0 atom stereocenters. The van der Waals surface area contributed by atoms with Crippen LogP contribution in [0.2, 0.25) is 0 Å². The van der Waals surface area contributed by atoms with Crippen LogP contribution in [0.3, 0.4) is 0 Å². The van der Waals surface area contributed by atoms with Crippen molar-refractivity contribution in [3.05, 3.63) is 28.8 Å². The maximum absolute atomic E-state index is 10.3. The molecule has 0 radical (unpaired) electrons. The molecule has 0 heterocycles. The highest BCUT2D eigenvalue weighted by Gasteiger charge is 2.24. The number of aryl methyl sites for hydroxylation is 1. The minimum atomic E-state index is 0.108. The molecule has 1 aromatic rings. The summed E-state index contributed by atoms with van der Waals surface area (Å²) in [6.45, 7) is 8.71. The number of rotatable bonds is 1. The molecule has 0 unspecified atom stereocenters. The number of phenolic OH excluding ortho intramolecular Hbond substituents is 1. The zero-order valence-electron chi connectivity index (χ0n) is 11.5. The molecule has 0 saturated heterocycles. The van der Waals surface area contributed by atoms with E-state index in [0.717, 1.165) is 0 Å². The van der Waals surface area contributed by atoms with E-state index in [-0.39, 0.29) is 5.41 Å². The largest absolute Gasteiger partial charge is 0.508 e. The Morgan fingerprint density at radius 3 is 2.18 bits per heavy atom. The number of aromatic hydroxyl groups is 1. The zero-order valence-corrected chi connectivity index (χ0v) is 11.5. The summed E-state index contributed by atoms with van der Waals surface area (Å²) in [5, 5.41) is 10.3. The van der Waals surface area contributed by atoms with Gasteiger partial charge in [-0.05, 0) is 53.9 Å². The van der Waals surface area contributed by atoms with E-state index >= 15 is 0 Å². The minimum absolute atomic E-state index is 0.108. The summed E-state index contributed by atoms with van der Waals surface area (Å²) in [5.41, 5.74) is 3.81. The first-order chi connectivity index (χ1) is 7.89. The Morgan fingerprint density at radius 1 is 1.12 bits per heavy atom. The lowest BCUT2D eigenvalue weighted by molar-refractivity contribution is 0.456. The Hall–Kier alpha value is -0.980. The second kappa shape index (κ2) is 4.36. The van der Waals surface area contributed by atoms with Crippen LogP contribution in [0.25, 0.3) is 0 Å². The molecule has 0 amide bonds. The van der Waals surface area contributed by atoms with Crippen LogP contribution in [0.1, 0.15) is 69.1 Å². The van der Waals surface area contributed by atoms with Crippen molar-refractivity contribution in [2.45, 2.75) is 64.7 Å². The molecule has 1 saturated carbocycles. The van der Waals surface area contributed by atoms with Crippen molar-refractivity contribution in [1.29, 1.82) is 0 Å². The summed E-state index contributed by atoms with van der Waals surface area (Å²) in [7, 11) is 0. The SMILES string of the molecule is Cc1cc(C(C)(C)C)cc(O)c1C1CCCC1. The van der Waals surface area contributed by atoms with Gasteiger partial charge >= 0.3 is 0 Å². The first kappa shape index (κ1) is 12.5. The summed E-state index contributed by atoms with van der Waals surface area (Å²) in [5.74, 6) is 1.10. The lowest BCUT2D eigenvalue weighted by Gasteiger charge is -2.23. The van der Waals surface area contributed by atoms with Gasteiger partial charge in [-0.3, -0.25) is 0 Å². The van der Waals surface area contributed by atoms with Crippen LogP contribution in [-0.2, 0) is 5.41 Å². The van der Waals surface area contributed by atoms with Crippen LogP contribution in [0.5, 0.6) is 5.75 Å². The molecule has 0 spiro atoms. The average molecular weight is 232 g/mol. The quantitative estimate of drug-likeness (QED) is 0.747. The molecule has 0 aromatic heterocycles. The lowest BCUT2D eigenvalue weighted by Crippen LogP contribution is -2.12. The van der Waals surface area contributed by atoms with Crippen molar-refractivity contribution < 1.29 is 5.11 Å². The molecular weight excluding hydrogens is 208 g/mol. The molecular formula is C16H24O. The molecule has 94 valence electrons. The van der Waals surface area contributed by atoms with Gasteiger partial charge in [-0.2, -0.15) is 0 Å². The summed E-state index contributed by atoms with van der Waals surface area (Å²) in [4.78, 5) is 0. The zero-order chi connectivity index (χ0) is 12.6. The average Bonchev–Trinajstić information content (AvgIpc) is 2.68. The van der Waals surface area contributed by atoms with Gasteiger partial charge in [0.15, 0.2) is 0 Å². The number of hydrogen-bond donors (Lipinski definition) is 1. The van der Waals surface area contributed by atoms with E-state index < -0.39 is 0 Å². The Labute approximate surface area is 105 Å². The second-order valence-corrected chi connectivity index (χ2v) is 6.46. The Morgan fingerprint density at radius 2 is 1.71 bits per heavy atom. The highest BCUT2D eigenvalue weighted by Crippen LogP contribution is 2.41. The van der Waals surface area contributed by atoms with Crippen molar-refractivity contribution in [2.24, 2.45) is 0 Å². The number of hydrogen-bond acceptors (Lipinski definition) is 1. The van der Waals surface area contributed by atoms with E-state index in [0.29, 0.717) is 11.7 Å². The molecule has 1 aliphatic carbocycles. The van der Waals surface area contributed by atoms with Gasteiger partial charge in [0.2, 0.25) is 0 Å². The Bertz CT molecular complexity index is 383. The molecule has 0 bridgehead atoms. The Kier molecular flexibility index (Phi) is 3.20. The third-order valence-electron chi connectivity index (χ3n) is 3.99. The van der Waals surface area contributed by atoms with Gasteiger partial charge in [0.25, 0.3) is 0 Å². The van der Waals surface area contributed by atoms with Crippen LogP contribution < -0.4 is 0 Å². The predicted octanol–water partition coefficient (Wildman–Crippen LogP) is 4.66. The van der Waals surface area contributed by atoms with Crippen molar-refractivity contribution in [3.8, 4) is 5.75 Å². The first-order valence-electron chi connectivity index (χ1n) is 6.73. The van der Waals surface area contributed by atoms with E-state index in [9.17, 15) is 5.11 Å². The number of benzene rings is 1. The second-order valence-electron chi connectivity index (χ2n) is 6.46. The minimum Gasteiger partial charge on any atom is -0.508 e. The van der Waals surface area contributed by atoms with Crippen LogP contribution >= 0.6 is 0 Å². The standard InChI is InChI=1S/C16H24O/c1-11-9-13(16(2,3)4)10-14(17)15(11)12-7-5-6-8-12/h9-10,12,17H,5-8H2,1-4H3. The molecule has 1 heteroatoms. The van der Waals surface area contributed by atoms with Gasteiger partial charge in [0.05, 0.1) is 0 Å². The van der Waals surface area contributed by atoms with E-state index in [1.165, 1.54) is 42.4 Å². The molecule has 1 fully saturated rings. The lowest BCUT2D eigenvalue weighted by atomic mass is 9.83. The smallest absolute Gasteiger partial charge is 0.119 e. The predicted molar refractivity (Wildman–Crippen MR) is 72.8 cm³/mol. The van der Waals surface area contributed by atoms with Gasteiger partial charge in [-0.15, -0.1) is 0 Å². The molecule has 1 nitrogen and oxygen atoms in total. The van der Waals surface area contributed by atoms with Crippen molar-refractivity contribution in [1.82, 2.24) is 0 Å². The van der Waals surface area contributed by atoms with E-state index in [2.05, 4.69) is 33.8 Å². The maximum Gasteiger partial charge on any atom is 0.119 e. The molecule has 0 aliphatic heterocycles. The van der Waals surface area contributed by atoms with Crippen LogP contribution in [0, 0.1) is 6.92 Å². The molecule has 1 N–H and O–H groups in total. The van der Waals surface area contributed by atoms with Crippen molar-refractivity contribution in [2.75, 3.05) is 0 Å². The third-order valence-corrected chi connectivity index (χ3v) is 3.99. The van der Waals surface area contributed by atoms with Gasteiger partial charge in [-0.1, -0.05) is 39.7 Å². The third kappa shape index (κ3) is 2.48. The molecule has 17 heavy (non-hydrogen) atoms.